The zero-order valence-corrected chi connectivity index (χ0v) is 17.9. The Bertz CT molecular complexity index is 740. The van der Waals surface area contributed by atoms with Gasteiger partial charge in [0.25, 0.3) is 0 Å². The highest BCUT2D eigenvalue weighted by atomic mass is 127. The lowest BCUT2D eigenvalue weighted by atomic mass is 10.3. The van der Waals surface area contributed by atoms with Gasteiger partial charge in [-0.3, -0.25) is 4.79 Å². The van der Waals surface area contributed by atoms with Gasteiger partial charge in [-0.2, -0.15) is 5.10 Å². The minimum absolute atomic E-state index is 0. The first-order chi connectivity index (χ1) is 12.8. The highest BCUT2D eigenvalue weighted by molar-refractivity contribution is 14.0. The molecule has 0 radical (unpaired) electrons. The number of benzene rings is 1. The topological polar surface area (TPSA) is 74.5 Å². The number of aromatic nitrogens is 2. The van der Waals surface area contributed by atoms with Gasteiger partial charge >= 0.3 is 0 Å². The number of likely N-dealkylation sites (tertiary alicyclic amines) is 1. The van der Waals surface area contributed by atoms with Crippen molar-refractivity contribution in [2.45, 2.75) is 26.3 Å². The predicted molar refractivity (Wildman–Crippen MR) is 118 cm³/mol. The van der Waals surface area contributed by atoms with E-state index in [2.05, 4.69) is 20.7 Å². The average molecular weight is 482 g/mol. The van der Waals surface area contributed by atoms with Gasteiger partial charge in [-0.15, -0.1) is 24.0 Å². The maximum Gasteiger partial charge on any atom is 0.241 e. The molecule has 8 heteroatoms. The average Bonchev–Trinajstić information content (AvgIpc) is 3.36. The summed E-state index contributed by atoms with van der Waals surface area (Å²) in [6.45, 7) is 5.26. The number of halogens is 1. The van der Waals surface area contributed by atoms with Crippen molar-refractivity contribution in [1.82, 2.24) is 25.3 Å². The van der Waals surface area contributed by atoms with E-state index in [0.29, 0.717) is 12.5 Å². The van der Waals surface area contributed by atoms with Crippen LogP contribution >= 0.6 is 24.0 Å². The molecule has 2 N–H and O–H groups in total. The van der Waals surface area contributed by atoms with Gasteiger partial charge in [-0.1, -0.05) is 18.2 Å². The molecule has 2 aromatic rings. The largest absolute Gasteiger partial charge is 0.357 e. The Morgan fingerprint density at radius 1 is 1.19 bits per heavy atom. The number of guanidine groups is 1. The quantitative estimate of drug-likeness (QED) is 0.376. The maximum absolute atomic E-state index is 12.2. The van der Waals surface area contributed by atoms with Gasteiger partial charge in [-0.05, 0) is 31.9 Å². The number of aliphatic imine (C=N–C) groups is 1. The van der Waals surface area contributed by atoms with E-state index in [4.69, 9.17) is 0 Å². The van der Waals surface area contributed by atoms with Crippen LogP contribution in [-0.4, -0.2) is 52.7 Å². The molecular formula is C19H27IN6O. The van der Waals surface area contributed by atoms with Crippen LogP contribution in [0.2, 0.25) is 0 Å². The van der Waals surface area contributed by atoms with Crippen molar-refractivity contribution in [1.29, 1.82) is 0 Å². The molecule has 0 atom stereocenters. The van der Waals surface area contributed by atoms with Gasteiger partial charge in [-0.25, -0.2) is 9.67 Å². The fourth-order valence-electron chi connectivity index (χ4n) is 2.91. The Balaban J connectivity index is 0.00000261. The monoisotopic (exact) mass is 482 g/mol. The summed E-state index contributed by atoms with van der Waals surface area (Å²) in [5.74, 6) is 0.775. The second kappa shape index (κ2) is 10.9. The van der Waals surface area contributed by atoms with Crippen LogP contribution in [0.15, 0.2) is 47.7 Å². The van der Waals surface area contributed by atoms with Gasteiger partial charge in [0, 0.05) is 31.4 Å². The zero-order valence-electron chi connectivity index (χ0n) is 15.6. The van der Waals surface area contributed by atoms with E-state index in [1.54, 1.807) is 0 Å². The number of amides is 1. The molecule has 1 amide bonds. The summed E-state index contributed by atoms with van der Waals surface area (Å²) in [4.78, 5) is 18.6. The fraction of sp³-hybridized carbons (Fsp3) is 0.421. The number of carbonyl (C=O) groups is 1. The Morgan fingerprint density at radius 3 is 2.63 bits per heavy atom. The molecule has 0 bridgehead atoms. The van der Waals surface area contributed by atoms with Crippen LogP contribution < -0.4 is 10.6 Å². The number of nitrogens with one attached hydrogen (secondary N) is 2. The number of carbonyl (C=O) groups excluding carboxylic acids is 1. The summed E-state index contributed by atoms with van der Waals surface area (Å²) in [6.07, 6.45) is 5.99. The fourth-order valence-corrected chi connectivity index (χ4v) is 2.91. The van der Waals surface area contributed by atoms with Crippen molar-refractivity contribution in [2.24, 2.45) is 4.99 Å². The SMILES string of the molecule is CCNC(=NCc1cnn(-c2ccccc2)c1)NCC(=O)N1CCCC1.I. The first-order valence-corrected chi connectivity index (χ1v) is 9.15. The second-order valence-corrected chi connectivity index (χ2v) is 6.27. The van der Waals surface area contributed by atoms with Crippen molar-refractivity contribution in [3.05, 3.63) is 48.3 Å². The second-order valence-electron chi connectivity index (χ2n) is 6.27. The minimum Gasteiger partial charge on any atom is -0.357 e. The third-order valence-electron chi connectivity index (χ3n) is 4.29. The molecule has 1 aliphatic rings. The first kappa shape index (κ1) is 21.2. The van der Waals surface area contributed by atoms with E-state index in [0.717, 1.165) is 43.7 Å². The molecule has 0 aliphatic carbocycles. The molecule has 0 unspecified atom stereocenters. The van der Waals surface area contributed by atoms with Crippen LogP contribution in [0.3, 0.4) is 0 Å². The highest BCUT2D eigenvalue weighted by Gasteiger charge is 2.17. The lowest BCUT2D eigenvalue weighted by molar-refractivity contribution is -0.128. The molecule has 0 saturated carbocycles. The third-order valence-corrected chi connectivity index (χ3v) is 4.29. The van der Waals surface area contributed by atoms with Crippen LogP contribution in [0, 0.1) is 0 Å². The molecule has 7 nitrogen and oxygen atoms in total. The Labute approximate surface area is 177 Å². The van der Waals surface area contributed by atoms with Crippen LogP contribution in [0.25, 0.3) is 5.69 Å². The predicted octanol–water partition coefficient (Wildman–Crippen LogP) is 2.17. The van der Waals surface area contributed by atoms with E-state index < -0.39 is 0 Å². The van der Waals surface area contributed by atoms with Gasteiger partial charge in [0.1, 0.15) is 0 Å². The number of hydrogen-bond donors (Lipinski definition) is 2. The Kier molecular flexibility index (Phi) is 8.56. The summed E-state index contributed by atoms with van der Waals surface area (Å²) in [7, 11) is 0. The number of rotatable bonds is 6. The minimum atomic E-state index is 0. The van der Waals surface area contributed by atoms with E-state index in [1.807, 2.05) is 59.2 Å². The zero-order chi connectivity index (χ0) is 18.2. The summed E-state index contributed by atoms with van der Waals surface area (Å²) in [5.41, 5.74) is 2.03. The van der Waals surface area contributed by atoms with Crippen LogP contribution in [0.1, 0.15) is 25.3 Å². The van der Waals surface area contributed by atoms with Gasteiger partial charge in [0.05, 0.1) is 25.0 Å². The smallest absolute Gasteiger partial charge is 0.241 e. The lowest BCUT2D eigenvalue weighted by Crippen LogP contribution is -2.44. The van der Waals surface area contributed by atoms with Crippen molar-refractivity contribution < 1.29 is 4.79 Å². The molecular weight excluding hydrogens is 455 g/mol. The van der Waals surface area contributed by atoms with Crippen molar-refractivity contribution >= 4 is 35.8 Å². The molecule has 1 saturated heterocycles. The van der Waals surface area contributed by atoms with Gasteiger partial charge in [0.2, 0.25) is 5.91 Å². The van der Waals surface area contributed by atoms with Gasteiger partial charge in [0.15, 0.2) is 5.96 Å². The van der Waals surface area contributed by atoms with Crippen molar-refractivity contribution in [2.75, 3.05) is 26.2 Å². The van der Waals surface area contributed by atoms with E-state index >= 15 is 0 Å². The summed E-state index contributed by atoms with van der Waals surface area (Å²) in [5, 5.41) is 10.7. The molecule has 2 heterocycles. The van der Waals surface area contributed by atoms with E-state index in [9.17, 15) is 4.79 Å². The molecule has 1 fully saturated rings. The molecule has 1 aromatic heterocycles. The van der Waals surface area contributed by atoms with Crippen molar-refractivity contribution in [3.8, 4) is 5.69 Å². The number of para-hydroxylation sites is 1. The molecule has 1 aromatic carbocycles. The molecule has 146 valence electrons. The van der Waals surface area contributed by atoms with Crippen LogP contribution in [-0.2, 0) is 11.3 Å². The first-order valence-electron chi connectivity index (χ1n) is 9.15. The standard InChI is InChI=1S/C19H26N6O.HI/c1-2-20-19(22-14-18(26)24-10-6-7-11-24)21-12-16-13-23-25(15-16)17-8-4-3-5-9-17;/h3-5,8-9,13,15H,2,6-7,10-12,14H2,1H3,(H2,20,21,22);1H. The summed E-state index contributed by atoms with van der Waals surface area (Å²) >= 11 is 0. The molecule has 3 rings (SSSR count). The third kappa shape index (κ3) is 6.23. The Hall–Kier alpha value is -2.10. The summed E-state index contributed by atoms with van der Waals surface area (Å²) < 4.78 is 1.84. The van der Waals surface area contributed by atoms with Gasteiger partial charge < -0.3 is 15.5 Å². The number of nitrogens with zero attached hydrogens (tertiary/aromatic N) is 4. The molecule has 1 aliphatic heterocycles. The molecule has 27 heavy (non-hydrogen) atoms. The van der Waals surface area contributed by atoms with Crippen LogP contribution in [0.5, 0.6) is 0 Å². The summed E-state index contributed by atoms with van der Waals surface area (Å²) in [6, 6.07) is 9.97. The normalized spacial score (nSPS) is 14.0. The van der Waals surface area contributed by atoms with Crippen LogP contribution in [0.4, 0.5) is 0 Å². The van der Waals surface area contributed by atoms with Crippen molar-refractivity contribution in [3.63, 3.8) is 0 Å². The molecule has 0 spiro atoms. The van der Waals surface area contributed by atoms with E-state index in [-0.39, 0.29) is 36.4 Å². The number of hydrogen-bond acceptors (Lipinski definition) is 3. The Morgan fingerprint density at radius 2 is 1.93 bits per heavy atom. The highest BCUT2D eigenvalue weighted by Crippen LogP contribution is 2.08. The van der Waals surface area contributed by atoms with E-state index in [1.165, 1.54) is 0 Å². The maximum atomic E-state index is 12.2. The lowest BCUT2D eigenvalue weighted by Gasteiger charge is -2.17.